The summed E-state index contributed by atoms with van der Waals surface area (Å²) in [6, 6.07) is 4.03. The molecule has 2 aromatic heterocycles. The lowest BCUT2D eigenvalue weighted by Crippen LogP contribution is -2.01. The van der Waals surface area contributed by atoms with Gasteiger partial charge in [-0.05, 0) is 44.0 Å². The van der Waals surface area contributed by atoms with Crippen LogP contribution in [0.1, 0.15) is 5.69 Å². The first-order chi connectivity index (χ1) is 9.13. The Labute approximate surface area is 139 Å². The van der Waals surface area contributed by atoms with Crippen molar-refractivity contribution in [3.05, 3.63) is 49.0 Å². The third kappa shape index (κ3) is 2.89. The number of fused-ring (bicyclic) bond motifs is 1. The van der Waals surface area contributed by atoms with Gasteiger partial charge in [0.2, 0.25) is 0 Å². The van der Waals surface area contributed by atoms with Gasteiger partial charge < -0.3 is 5.32 Å². The Balaban J connectivity index is 1.81. The van der Waals surface area contributed by atoms with Crippen LogP contribution in [0.25, 0.3) is 4.96 Å². The standard InChI is InChI=1S/C12H8Br3N3S/c13-7-3-9(14)11(10(15)4-7)16-5-8-6-18-1-2-19-12(18)17-8/h1-4,6,16H,5H2. The number of nitrogens with zero attached hydrogens (tertiary/aromatic N) is 2. The number of imidazole rings is 1. The smallest absolute Gasteiger partial charge is 0.193 e. The zero-order valence-corrected chi connectivity index (χ0v) is 15.1. The van der Waals surface area contributed by atoms with E-state index in [0.29, 0.717) is 6.54 Å². The highest BCUT2D eigenvalue weighted by Gasteiger charge is 2.08. The van der Waals surface area contributed by atoms with Crippen LogP contribution in [0.15, 0.2) is 43.3 Å². The highest BCUT2D eigenvalue weighted by atomic mass is 79.9. The van der Waals surface area contributed by atoms with Crippen LogP contribution in [0.2, 0.25) is 0 Å². The number of anilines is 1. The lowest BCUT2D eigenvalue weighted by atomic mass is 10.3. The van der Waals surface area contributed by atoms with Crippen LogP contribution in [-0.2, 0) is 6.54 Å². The van der Waals surface area contributed by atoms with Gasteiger partial charge in [-0.1, -0.05) is 15.9 Å². The summed E-state index contributed by atoms with van der Waals surface area (Å²) >= 11 is 12.2. The van der Waals surface area contributed by atoms with Gasteiger partial charge >= 0.3 is 0 Å². The maximum Gasteiger partial charge on any atom is 0.193 e. The number of aromatic nitrogens is 2. The van der Waals surface area contributed by atoms with Gasteiger partial charge in [0.15, 0.2) is 4.96 Å². The van der Waals surface area contributed by atoms with Gasteiger partial charge in [0, 0.05) is 31.2 Å². The van der Waals surface area contributed by atoms with E-state index in [2.05, 4.69) is 58.1 Å². The van der Waals surface area contributed by atoms with Gasteiger partial charge in [-0.2, -0.15) is 0 Å². The zero-order valence-electron chi connectivity index (χ0n) is 9.53. The molecule has 3 rings (SSSR count). The van der Waals surface area contributed by atoms with E-state index in [-0.39, 0.29) is 0 Å². The fourth-order valence-electron chi connectivity index (χ4n) is 1.75. The van der Waals surface area contributed by atoms with E-state index >= 15 is 0 Å². The van der Waals surface area contributed by atoms with E-state index in [0.717, 1.165) is 29.8 Å². The Bertz CT molecular complexity index is 683. The number of hydrogen-bond donors (Lipinski definition) is 1. The van der Waals surface area contributed by atoms with Crippen molar-refractivity contribution in [3.63, 3.8) is 0 Å². The summed E-state index contributed by atoms with van der Waals surface area (Å²) in [4.78, 5) is 5.56. The maximum absolute atomic E-state index is 4.54. The van der Waals surface area contributed by atoms with Gasteiger partial charge in [0.05, 0.1) is 17.9 Å². The van der Waals surface area contributed by atoms with Crippen LogP contribution < -0.4 is 5.32 Å². The second-order valence-corrected chi connectivity index (χ2v) is 7.42. The van der Waals surface area contributed by atoms with Crippen molar-refractivity contribution in [2.75, 3.05) is 5.32 Å². The topological polar surface area (TPSA) is 29.3 Å². The molecule has 0 atom stereocenters. The molecule has 2 heterocycles. The van der Waals surface area contributed by atoms with Gasteiger partial charge in [0.1, 0.15) is 0 Å². The highest BCUT2D eigenvalue weighted by Crippen LogP contribution is 2.34. The number of nitrogens with one attached hydrogen (secondary N) is 1. The monoisotopic (exact) mass is 463 g/mol. The van der Waals surface area contributed by atoms with E-state index in [9.17, 15) is 0 Å². The van der Waals surface area contributed by atoms with E-state index < -0.39 is 0 Å². The first kappa shape index (κ1) is 13.6. The van der Waals surface area contributed by atoms with E-state index in [1.54, 1.807) is 11.3 Å². The third-order valence-electron chi connectivity index (χ3n) is 2.60. The molecule has 1 N–H and O–H groups in total. The minimum atomic E-state index is 0.688. The summed E-state index contributed by atoms with van der Waals surface area (Å²) in [6.07, 6.45) is 4.06. The molecular formula is C12H8Br3N3S. The Morgan fingerprint density at radius 3 is 2.63 bits per heavy atom. The minimum Gasteiger partial charge on any atom is -0.377 e. The number of benzene rings is 1. The molecule has 0 aliphatic heterocycles. The number of rotatable bonds is 3. The predicted molar refractivity (Wildman–Crippen MR) is 89.9 cm³/mol. The molecular weight excluding hydrogens is 458 g/mol. The minimum absolute atomic E-state index is 0.688. The van der Waals surface area contributed by atoms with Gasteiger partial charge in [0.25, 0.3) is 0 Å². The zero-order chi connectivity index (χ0) is 13.4. The second kappa shape index (κ2) is 5.55. The van der Waals surface area contributed by atoms with E-state index in [1.165, 1.54) is 0 Å². The van der Waals surface area contributed by atoms with Crippen LogP contribution in [0, 0.1) is 0 Å². The fraction of sp³-hybridized carbons (Fsp3) is 0.0833. The maximum atomic E-state index is 4.54. The number of halogens is 3. The summed E-state index contributed by atoms with van der Waals surface area (Å²) in [5.74, 6) is 0. The molecule has 0 saturated heterocycles. The molecule has 7 heteroatoms. The van der Waals surface area contributed by atoms with Crippen molar-refractivity contribution in [2.24, 2.45) is 0 Å². The van der Waals surface area contributed by atoms with Crippen LogP contribution in [0.5, 0.6) is 0 Å². The van der Waals surface area contributed by atoms with Crippen molar-refractivity contribution in [2.45, 2.75) is 6.54 Å². The molecule has 0 radical (unpaired) electrons. The molecule has 0 bridgehead atoms. The summed E-state index contributed by atoms with van der Waals surface area (Å²) in [6.45, 7) is 0.688. The molecule has 0 aliphatic carbocycles. The lowest BCUT2D eigenvalue weighted by molar-refractivity contribution is 1.07. The summed E-state index contributed by atoms with van der Waals surface area (Å²) in [7, 11) is 0. The molecule has 1 aromatic carbocycles. The van der Waals surface area contributed by atoms with Crippen molar-refractivity contribution in [1.29, 1.82) is 0 Å². The normalized spacial score (nSPS) is 11.1. The predicted octanol–water partition coefficient (Wildman–Crippen LogP) is 5.30. The molecule has 3 nitrogen and oxygen atoms in total. The van der Waals surface area contributed by atoms with Crippen molar-refractivity contribution < 1.29 is 0 Å². The molecule has 0 fully saturated rings. The molecule has 0 unspecified atom stereocenters. The quantitative estimate of drug-likeness (QED) is 0.569. The Kier molecular flexibility index (Phi) is 3.98. The summed E-state index contributed by atoms with van der Waals surface area (Å²) < 4.78 is 5.08. The van der Waals surface area contributed by atoms with Crippen molar-refractivity contribution in [1.82, 2.24) is 9.38 Å². The van der Waals surface area contributed by atoms with E-state index in [4.69, 9.17) is 0 Å². The molecule has 0 aliphatic rings. The first-order valence-corrected chi connectivity index (χ1v) is 8.69. The molecule has 3 aromatic rings. The SMILES string of the molecule is Brc1cc(Br)c(NCc2cn3ccsc3n2)c(Br)c1. The molecule has 0 saturated carbocycles. The summed E-state index contributed by atoms with van der Waals surface area (Å²) in [5.41, 5.74) is 2.05. The van der Waals surface area contributed by atoms with Crippen molar-refractivity contribution >= 4 is 69.8 Å². The Hall–Kier alpha value is -0.370. The van der Waals surface area contributed by atoms with E-state index in [1.807, 2.05) is 34.3 Å². The first-order valence-electron chi connectivity index (χ1n) is 5.43. The highest BCUT2D eigenvalue weighted by molar-refractivity contribution is 9.11. The van der Waals surface area contributed by atoms with Crippen LogP contribution >= 0.6 is 59.1 Å². The number of hydrogen-bond acceptors (Lipinski definition) is 3. The van der Waals surface area contributed by atoms with Crippen molar-refractivity contribution in [3.8, 4) is 0 Å². The lowest BCUT2D eigenvalue weighted by Gasteiger charge is -2.10. The molecule has 0 amide bonds. The summed E-state index contributed by atoms with van der Waals surface area (Å²) in [5, 5.41) is 5.42. The Morgan fingerprint density at radius 1 is 1.21 bits per heavy atom. The van der Waals surface area contributed by atoms with Crippen LogP contribution in [0.3, 0.4) is 0 Å². The number of thiazole rings is 1. The fourth-order valence-corrected chi connectivity index (χ4v) is 5.01. The third-order valence-corrected chi connectivity index (χ3v) is 5.08. The van der Waals surface area contributed by atoms with Gasteiger partial charge in [-0.3, -0.25) is 4.40 Å². The Morgan fingerprint density at radius 2 is 1.95 bits per heavy atom. The van der Waals surface area contributed by atoms with Crippen LogP contribution in [0.4, 0.5) is 5.69 Å². The molecule has 19 heavy (non-hydrogen) atoms. The molecule has 0 spiro atoms. The second-order valence-electron chi connectivity index (χ2n) is 3.92. The van der Waals surface area contributed by atoms with Gasteiger partial charge in [-0.25, -0.2) is 4.98 Å². The molecule has 98 valence electrons. The van der Waals surface area contributed by atoms with Gasteiger partial charge in [-0.15, -0.1) is 11.3 Å². The largest absolute Gasteiger partial charge is 0.377 e. The average Bonchev–Trinajstić information content (AvgIpc) is 2.87. The average molecular weight is 466 g/mol. The van der Waals surface area contributed by atoms with Crippen LogP contribution in [-0.4, -0.2) is 9.38 Å².